The highest BCUT2D eigenvalue weighted by molar-refractivity contribution is 5.69. The van der Waals surface area contributed by atoms with Crippen molar-refractivity contribution in [1.29, 1.82) is 0 Å². The molecule has 0 radical (unpaired) electrons. The predicted octanol–water partition coefficient (Wildman–Crippen LogP) is 0.848. The van der Waals surface area contributed by atoms with E-state index in [0.717, 1.165) is 12.8 Å². The zero-order valence-electron chi connectivity index (χ0n) is 9.28. The highest BCUT2D eigenvalue weighted by atomic mass is 16.4. The monoisotopic (exact) mass is 215 g/mol. The Bertz CT molecular complexity index is 208. The average Bonchev–Trinajstić information content (AvgIpc) is 2.26. The number of hydrogen-bond donors (Lipinski definition) is 3. The summed E-state index contributed by atoms with van der Waals surface area (Å²) in [6.07, 6.45) is 4.46. The number of rotatable bonds is 5. The van der Waals surface area contributed by atoms with E-state index in [9.17, 15) is 9.90 Å². The fraction of sp³-hybridized carbons (Fsp3) is 0.909. The van der Waals surface area contributed by atoms with Gasteiger partial charge in [0.1, 0.15) is 0 Å². The summed E-state index contributed by atoms with van der Waals surface area (Å²) in [5.74, 6) is -0.815. The Morgan fingerprint density at radius 1 is 1.47 bits per heavy atom. The highest BCUT2D eigenvalue weighted by Gasteiger charge is 2.24. The minimum atomic E-state index is -0.765. The molecule has 1 saturated carbocycles. The van der Waals surface area contributed by atoms with E-state index in [1.54, 1.807) is 6.92 Å². The Kier molecular flexibility index (Phi) is 5.05. The number of carbonyl (C=O) groups is 1. The maximum Gasteiger partial charge on any atom is 0.307 e. The van der Waals surface area contributed by atoms with Crippen LogP contribution >= 0.6 is 0 Å². The lowest BCUT2D eigenvalue weighted by Crippen LogP contribution is -2.42. The van der Waals surface area contributed by atoms with Gasteiger partial charge in [-0.25, -0.2) is 0 Å². The van der Waals surface area contributed by atoms with Gasteiger partial charge in [-0.05, 0) is 18.8 Å². The second-order valence-corrected chi connectivity index (χ2v) is 4.48. The minimum absolute atomic E-state index is 0.207. The molecule has 1 aliphatic rings. The first-order chi connectivity index (χ1) is 7.15. The molecule has 0 aromatic carbocycles. The van der Waals surface area contributed by atoms with Crippen molar-refractivity contribution in [2.75, 3.05) is 13.2 Å². The van der Waals surface area contributed by atoms with Crippen LogP contribution in [0.15, 0.2) is 0 Å². The molecule has 3 N–H and O–H groups in total. The molecule has 88 valence electrons. The lowest BCUT2D eigenvalue weighted by atomic mass is 9.85. The lowest BCUT2D eigenvalue weighted by Gasteiger charge is -2.31. The fourth-order valence-electron chi connectivity index (χ4n) is 2.11. The predicted molar refractivity (Wildman–Crippen MR) is 57.6 cm³/mol. The first kappa shape index (κ1) is 12.5. The van der Waals surface area contributed by atoms with E-state index < -0.39 is 5.97 Å². The van der Waals surface area contributed by atoms with Crippen molar-refractivity contribution in [2.24, 2.45) is 11.8 Å². The van der Waals surface area contributed by atoms with Gasteiger partial charge in [0, 0.05) is 19.2 Å². The van der Waals surface area contributed by atoms with Gasteiger partial charge in [-0.15, -0.1) is 0 Å². The molecule has 0 amide bonds. The molecular weight excluding hydrogens is 194 g/mol. The first-order valence-electron chi connectivity index (χ1n) is 5.72. The van der Waals surface area contributed by atoms with E-state index in [0.29, 0.717) is 18.5 Å². The maximum absolute atomic E-state index is 10.6. The molecule has 0 saturated heterocycles. The lowest BCUT2D eigenvalue weighted by molar-refractivity contribution is -0.141. The van der Waals surface area contributed by atoms with Crippen molar-refractivity contribution in [3.63, 3.8) is 0 Å². The van der Waals surface area contributed by atoms with Crippen molar-refractivity contribution in [2.45, 2.75) is 38.6 Å². The van der Waals surface area contributed by atoms with Crippen LogP contribution in [0.1, 0.15) is 32.6 Å². The molecule has 0 aliphatic heterocycles. The van der Waals surface area contributed by atoms with Crippen LogP contribution in [-0.4, -0.2) is 35.4 Å². The Balaban J connectivity index is 2.32. The van der Waals surface area contributed by atoms with Crippen LogP contribution in [0, 0.1) is 11.8 Å². The standard InChI is InChI=1S/C11H21NO3/c1-8(11(14)15)6-12-10-5-3-2-4-9(10)7-13/h8-10,12-13H,2-7H2,1H3,(H,14,15). The van der Waals surface area contributed by atoms with Crippen molar-refractivity contribution in [3.8, 4) is 0 Å². The van der Waals surface area contributed by atoms with Crippen LogP contribution in [0.4, 0.5) is 0 Å². The SMILES string of the molecule is CC(CNC1CCCCC1CO)C(=O)O. The smallest absolute Gasteiger partial charge is 0.307 e. The summed E-state index contributed by atoms with van der Waals surface area (Å²) in [7, 11) is 0. The normalized spacial score (nSPS) is 28.7. The Labute approximate surface area is 90.7 Å². The van der Waals surface area contributed by atoms with E-state index in [-0.39, 0.29) is 12.5 Å². The molecular formula is C11H21NO3. The van der Waals surface area contributed by atoms with Crippen LogP contribution in [0.25, 0.3) is 0 Å². The van der Waals surface area contributed by atoms with Gasteiger partial charge in [0.25, 0.3) is 0 Å². The van der Waals surface area contributed by atoms with Gasteiger partial charge in [-0.2, -0.15) is 0 Å². The Hall–Kier alpha value is -0.610. The van der Waals surface area contributed by atoms with Crippen LogP contribution in [0.3, 0.4) is 0 Å². The third kappa shape index (κ3) is 3.80. The molecule has 0 heterocycles. The van der Waals surface area contributed by atoms with Gasteiger partial charge in [0.15, 0.2) is 0 Å². The average molecular weight is 215 g/mol. The topological polar surface area (TPSA) is 69.6 Å². The Morgan fingerprint density at radius 2 is 2.13 bits per heavy atom. The summed E-state index contributed by atoms with van der Waals surface area (Å²) < 4.78 is 0. The molecule has 0 spiro atoms. The fourth-order valence-corrected chi connectivity index (χ4v) is 2.11. The summed E-state index contributed by atoms with van der Waals surface area (Å²) in [4.78, 5) is 10.6. The molecule has 3 unspecified atom stereocenters. The molecule has 0 aromatic rings. The zero-order chi connectivity index (χ0) is 11.3. The summed E-state index contributed by atoms with van der Waals surface area (Å²) in [5, 5.41) is 21.2. The molecule has 1 aliphatic carbocycles. The van der Waals surface area contributed by atoms with Gasteiger partial charge in [-0.3, -0.25) is 4.79 Å². The summed E-state index contributed by atoms with van der Waals surface area (Å²) in [6.45, 7) is 2.40. The van der Waals surface area contributed by atoms with Gasteiger partial charge in [-0.1, -0.05) is 19.8 Å². The maximum atomic E-state index is 10.6. The molecule has 1 rings (SSSR count). The molecule has 15 heavy (non-hydrogen) atoms. The van der Waals surface area contributed by atoms with Crippen molar-refractivity contribution in [1.82, 2.24) is 5.32 Å². The second-order valence-electron chi connectivity index (χ2n) is 4.48. The number of carboxylic acids is 1. The molecule has 0 aromatic heterocycles. The number of aliphatic hydroxyl groups excluding tert-OH is 1. The Morgan fingerprint density at radius 3 is 2.73 bits per heavy atom. The van der Waals surface area contributed by atoms with Crippen LogP contribution in [-0.2, 0) is 4.79 Å². The van der Waals surface area contributed by atoms with Crippen LogP contribution in [0.5, 0.6) is 0 Å². The third-order valence-corrected chi connectivity index (χ3v) is 3.25. The third-order valence-electron chi connectivity index (χ3n) is 3.25. The molecule has 1 fully saturated rings. The van der Waals surface area contributed by atoms with E-state index in [1.807, 2.05) is 0 Å². The van der Waals surface area contributed by atoms with Gasteiger partial charge >= 0.3 is 5.97 Å². The van der Waals surface area contributed by atoms with Crippen molar-refractivity contribution < 1.29 is 15.0 Å². The minimum Gasteiger partial charge on any atom is -0.481 e. The summed E-state index contributed by atoms with van der Waals surface area (Å²) in [5.41, 5.74) is 0. The van der Waals surface area contributed by atoms with Crippen LogP contribution < -0.4 is 5.32 Å². The molecule has 0 bridgehead atoms. The van der Waals surface area contributed by atoms with Gasteiger partial charge in [0.2, 0.25) is 0 Å². The van der Waals surface area contributed by atoms with E-state index in [1.165, 1.54) is 12.8 Å². The molecule has 4 nitrogen and oxygen atoms in total. The zero-order valence-corrected chi connectivity index (χ0v) is 9.28. The number of aliphatic carboxylic acids is 1. The largest absolute Gasteiger partial charge is 0.481 e. The number of carboxylic acid groups (broad SMARTS) is 1. The summed E-state index contributed by atoms with van der Waals surface area (Å²) >= 11 is 0. The molecule has 3 atom stereocenters. The number of hydrogen-bond acceptors (Lipinski definition) is 3. The van der Waals surface area contributed by atoms with Crippen LogP contribution in [0.2, 0.25) is 0 Å². The molecule has 4 heteroatoms. The first-order valence-corrected chi connectivity index (χ1v) is 5.72. The quantitative estimate of drug-likeness (QED) is 0.636. The van der Waals surface area contributed by atoms with Gasteiger partial charge in [0.05, 0.1) is 5.92 Å². The van der Waals surface area contributed by atoms with Crippen molar-refractivity contribution in [3.05, 3.63) is 0 Å². The number of nitrogens with one attached hydrogen (secondary N) is 1. The number of aliphatic hydroxyl groups is 1. The van der Waals surface area contributed by atoms with E-state index >= 15 is 0 Å². The van der Waals surface area contributed by atoms with Crippen molar-refractivity contribution >= 4 is 5.97 Å². The van der Waals surface area contributed by atoms with Gasteiger partial charge < -0.3 is 15.5 Å². The van der Waals surface area contributed by atoms with E-state index in [2.05, 4.69) is 5.32 Å². The van der Waals surface area contributed by atoms with E-state index in [4.69, 9.17) is 5.11 Å². The second kappa shape index (κ2) is 6.08. The summed E-state index contributed by atoms with van der Waals surface area (Å²) in [6, 6.07) is 0.297. The highest BCUT2D eigenvalue weighted by Crippen LogP contribution is 2.23.